The number of hydrogen-bond acceptors (Lipinski definition) is 6. The molecule has 0 spiro atoms. The van der Waals surface area contributed by atoms with Gasteiger partial charge in [-0.2, -0.15) is 0 Å². The van der Waals surface area contributed by atoms with E-state index in [4.69, 9.17) is 4.74 Å². The van der Waals surface area contributed by atoms with Gasteiger partial charge in [-0.05, 0) is 12.5 Å². The van der Waals surface area contributed by atoms with Crippen molar-refractivity contribution < 1.29 is 29.3 Å². The van der Waals surface area contributed by atoms with Gasteiger partial charge in [0.05, 0.1) is 7.11 Å². The van der Waals surface area contributed by atoms with E-state index >= 15 is 0 Å². The molecule has 0 radical (unpaired) electrons. The van der Waals surface area contributed by atoms with Crippen molar-refractivity contribution in [3.8, 4) is 0 Å². The number of carbonyl (C=O) groups is 2. The number of aliphatic hydroxyl groups excluding tert-OH is 2. The van der Waals surface area contributed by atoms with Crippen molar-refractivity contribution in [2.24, 2.45) is 0 Å². The summed E-state index contributed by atoms with van der Waals surface area (Å²) in [6.45, 7) is 2.26. The van der Waals surface area contributed by atoms with E-state index in [1.807, 2.05) is 0 Å². The smallest absolute Gasteiger partial charge is 0.333 e. The molecular weight excluding hydrogens is 408 g/mol. The van der Waals surface area contributed by atoms with E-state index in [0.717, 1.165) is 19.3 Å². The Hall–Kier alpha value is -1.40. The van der Waals surface area contributed by atoms with Gasteiger partial charge in [0.15, 0.2) is 0 Å². The van der Waals surface area contributed by atoms with Crippen molar-refractivity contribution in [2.75, 3.05) is 7.11 Å². The number of esters is 2. The van der Waals surface area contributed by atoms with Gasteiger partial charge in [-0.3, -0.25) is 4.79 Å². The van der Waals surface area contributed by atoms with Crippen molar-refractivity contribution in [1.82, 2.24) is 0 Å². The van der Waals surface area contributed by atoms with Gasteiger partial charge in [0.25, 0.3) is 0 Å². The lowest BCUT2D eigenvalue weighted by atomic mass is 9.92. The van der Waals surface area contributed by atoms with Crippen molar-refractivity contribution >= 4 is 11.9 Å². The first kappa shape index (κ1) is 28.6. The molecule has 0 unspecified atom stereocenters. The molecule has 0 fully saturated rings. The van der Waals surface area contributed by atoms with E-state index in [1.54, 1.807) is 0 Å². The fourth-order valence-electron chi connectivity index (χ4n) is 4.19. The van der Waals surface area contributed by atoms with Crippen LogP contribution in [0.25, 0.3) is 0 Å². The summed E-state index contributed by atoms with van der Waals surface area (Å²) in [4.78, 5) is 23.7. The Labute approximate surface area is 194 Å². The Balaban J connectivity index is 2.00. The largest absolute Gasteiger partial charge is 0.466 e. The highest BCUT2D eigenvalue weighted by Gasteiger charge is 2.35. The predicted molar refractivity (Wildman–Crippen MR) is 126 cm³/mol. The molecule has 3 atom stereocenters. The molecule has 0 amide bonds. The van der Waals surface area contributed by atoms with Crippen molar-refractivity contribution in [3.63, 3.8) is 0 Å². The SMILES string of the molecule is CCCCCCCCCCCCCCCCCC(=O)O[C@@H]1CC(C(=O)OC)=C[C@@H](O)[C@H]1O. The minimum atomic E-state index is -1.25. The topological polar surface area (TPSA) is 93.1 Å². The second-order valence-electron chi connectivity index (χ2n) is 9.10. The van der Waals surface area contributed by atoms with Gasteiger partial charge in [-0.15, -0.1) is 0 Å². The molecule has 2 N–H and O–H groups in total. The lowest BCUT2D eigenvalue weighted by Gasteiger charge is -2.30. The summed E-state index contributed by atoms with van der Waals surface area (Å²) in [5.74, 6) is -0.985. The second kappa shape index (κ2) is 18.1. The molecule has 0 saturated carbocycles. The van der Waals surface area contributed by atoms with Crippen molar-refractivity contribution in [2.45, 2.75) is 134 Å². The van der Waals surface area contributed by atoms with Crippen LogP contribution in [0.2, 0.25) is 0 Å². The molecule has 0 aromatic carbocycles. The van der Waals surface area contributed by atoms with E-state index in [1.165, 1.54) is 90.2 Å². The zero-order valence-electron chi connectivity index (χ0n) is 20.4. The second-order valence-corrected chi connectivity index (χ2v) is 9.10. The fraction of sp³-hybridized carbons (Fsp3) is 0.846. The maximum Gasteiger partial charge on any atom is 0.333 e. The summed E-state index contributed by atoms with van der Waals surface area (Å²) < 4.78 is 9.97. The van der Waals surface area contributed by atoms with Gasteiger partial charge in [-0.25, -0.2) is 4.79 Å². The molecule has 0 heterocycles. The van der Waals surface area contributed by atoms with Gasteiger partial charge in [-0.1, -0.05) is 96.8 Å². The van der Waals surface area contributed by atoms with Crippen LogP contribution in [0.5, 0.6) is 0 Å². The molecule has 0 aromatic rings. The Morgan fingerprint density at radius 1 is 0.844 bits per heavy atom. The third kappa shape index (κ3) is 12.6. The molecule has 0 aliphatic heterocycles. The van der Waals surface area contributed by atoms with E-state index in [-0.39, 0.29) is 18.4 Å². The summed E-state index contributed by atoms with van der Waals surface area (Å²) in [5, 5.41) is 19.9. The molecule has 0 saturated heterocycles. The number of carbonyl (C=O) groups excluding carboxylic acids is 2. The number of hydrogen-bond donors (Lipinski definition) is 2. The minimum Gasteiger partial charge on any atom is -0.466 e. The maximum atomic E-state index is 12.1. The molecule has 6 nitrogen and oxygen atoms in total. The van der Waals surface area contributed by atoms with Crippen LogP contribution < -0.4 is 0 Å². The summed E-state index contributed by atoms with van der Waals surface area (Å²) in [7, 11) is 1.25. The summed E-state index contributed by atoms with van der Waals surface area (Å²) >= 11 is 0. The molecule has 0 aromatic heterocycles. The first-order valence-corrected chi connectivity index (χ1v) is 12.8. The molecule has 1 aliphatic carbocycles. The predicted octanol–water partition coefficient (Wildman–Crippen LogP) is 5.38. The Morgan fingerprint density at radius 3 is 1.78 bits per heavy atom. The molecule has 32 heavy (non-hydrogen) atoms. The molecular formula is C26H46O6. The van der Waals surface area contributed by atoms with Crippen LogP contribution in [0, 0.1) is 0 Å². The number of unbranched alkanes of at least 4 members (excludes halogenated alkanes) is 14. The van der Waals surface area contributed by atoms with Gasteiger partial charge < -0.3 is 19.7 Å². The van der Waals surface area contributed by atoms with Crippen LogP contribution in [0.15, 0.2) is 11.6 Å². The molecule has 1 aliphatic rings. The van der Waals surface area contributed by atoms with Crippen LogP contribution in [-0.4, -0.2) is 47.6 Å². The lowest BCUT2D eigenvalue weighted by molar-refractivity contribution is -0.160. The Kier molecular flexibility index (Phi) is 16.2. The number of aliphatic hydroxyl groups is 2. The monoisotopic (exact) mass is 454 g/mol. The van der Waals surface area contributed by atoms with Crippen LogP contribution in [0.1, 0.15) is 116 Å². The molecule has 0 bridgehead atoms. The van der Waals surface area contributed by atoms with E-state index in [0.29, 0.717) is 0 Å². The normalized spacial score (nSPS) is 20.6. The third-order valence-corrected chi connectivity index (χ3v) is 6.24. The first-order valence-electron chi connectivity index (χ1n) is 12.8. The Bertz CT molecular complexity index is 544. The van der Waals surface area contributed by atoms with E-state index in [2.05, 4.69) is 11.7 Å². The first-order chi connectivity index (χ1) is 15.5. The third-order valence-electron chi connectivity index (χ3n) is 6.24. The van der Waals surface area contributed by atoms with Gasteiger partial charge in [0.2, 0.25) is 0 Å². The maximum absolute atomic E-state index is 12.1. The Morgan fingerprint density at radius 2 is 1.31 bits per heavy atom. The highest BCUT2D eigenvalue weighted by atomic mass is 16.6. The molecule has 1 rings (SSSR count). The fourth-order valence-corrected chi connectivity index (χ4v) is 4.19. The van der Waals surface area contributed by atoms with Gasteiger partial charge in [0, 0.05) is 18.4 Å². The van der Waals surface area contributed by atoms with E-state index < -0.39 is 30.3 Å². The molecule has 6 heteroatoms. The zero-order valence-corrected chi connectivity index (χ0v) is 20.4. The van der Waals surface area contributed by atoms with Crippen LogP contribution in [0.4, 0.5) is 0 Å². The highest BCUT2D eigenvalue weighted by Crippen LogP contribution is 2.24. The quantitative estimate of drug-likeness (QED) is 0.213. The molecule has 186 valence electrons. The minimum absolute atomic E-state index is 0.0511. The van der Waals surface area contributed by atoms with Gasteiger partial charge >= 0.3 is 11.9 Å². The zero-order chi connectivity index (χ0) is 23.6. The van der Waals surface area contributed by atoms with Crippen LogP contribution in [0.3, 0.4) is 0 Å². The number of methoxy groups -OCH3 is 1. The number of rotatable bonds is 18. The standard InChI is InChI=1S/C26H46O6/c1-3-4-5-6-7-8-9-10-11-12-13-14-15-16-17-18-24(28)32-23-20-21(26(30)31-2)19-22(27)25(23)29/h19,22-23,25,27,29H,3-18,20H2,1-2H3/t22-,23-,25-/m1/s1. The summed E-state index contributed by atoms with van der Waals surface area (Å²) in [6, 6.07) is 0. The summed E-state index contributed by atoms with van der Waals surface area (Å²) in [5.41, 5.74) is 0.218. The van der Waals surface area contributed by atoms with Gasteiger partial charge in [0.1, 0.15) is 18.3 Å². The van der Waals surface area contributed by atoms with Crippen LogP contribution in [-0.2, 0) is 19.1 Å². The van der Waals surface area contributed by atoms with Crippen molar-refractivity contribution in [1.29, 1.82) is 0 Å². The lowest BCUT2D eigenvalue weighted by Crippen LogP contribution is -2.43. The van der Waals surface area contributed by atoms with E-state index in [9.17, 15) is 19.8 Å². The summed E-state index contributed by atoms with van der Waals surface area (Å²) in [6.07, 6.45) is 17.1. The average Bonchev–Trinajstić information content (AvgIpc) is 2.78. The van der Waals surface area contributed by atoms with Crippen molar-refractivity contribution in [3.05, 3.63) is 11.6 Å². The number of ether oxygens (including phenoxy) is 2. The van der Waals surface area contributed by atoms with Crippen LogP contribution >= 0.6 is 0 Å². The highest BCUT2D eigenvalue weighted by molar-refractivity contribution is 5.88. The average molecular weight is 455 g/mol.